The van der Waals surface area contributed by atoms with Crippen LogP contribution in [0.1, 0.15) is 11.3 Å². The number of hydrogen-bond acceptors (Lipinski definition) is 4. The van der Waals surface area contributed by atoms with Crippen molar-refractivity contribution in [1.29, 1.82) is 0 Å². The molecule has 2 rings (SSSR count). The fraction of sp³-hybridized carbons (Fsp3) is 0. The van der Waals surface area contributed by atoms with E-state index in [1.54, 1.807) is 6.08 Å². The van der Waals surface area contributed by atoms with Crippen LogP contribution in [0.3, 0.4) is 0 Å². The van der Waals surface area contributed by atoms with Crippen molar-refractivity contribution >= 4 is 41.0 Å². The zero-order chi connectivity index (χ0) is 13.8. The second kappa shape index (κ2) is 5.77. The number of rotatable bonds is 3. The molecule has 0 saturated heterocycles. The molecule has 2 aromatic rings. The van der Waals surface area contributed by atoms with Gasteiger partial charge >= 0.3 is 5.69 Å². The molecule has 5 nitrogen and oxygen atoms in total. The maximum atomic E-state index is 10.9. The molecule has 0 aliphatic carbocycles. The van der Waals surface area contributed by atoms with Crippen LogP contribution in [0.25, 0.3) is 12.2 Å². The molecular weight excluding hydrogens is 289 g/mol. The molecule has 0 saturated carbocycles. The van der Waals surface area contributed by atoms with Crippen LogP contribution in [0, 0.1) is 10.1 Å². The molecule has 0 atom stereocenters. The summed E-state index contributed by atoms with van der Waals surface area (Å²) < 4.78 is 0. The molecule has 1 aromatic heterocycles. The summed E-state index contributed by atoms with van der Waals surface area (Å²) in [6.45, 7) is 0. The van der Waals surface area contributed by atoms with E-state index in [2.05, 4.69) is 9.97 Å². The Bertz CT molecular complexity index is 645. The summed E-state index contributed by atoms with van der Waals surface area (Å²) in [6, 6.07) is 9.29. The van der Waals surface area contributed by atoms with Crippen molar-refractivity contribution < 1.29 is 4.92 Å². The van der Waals surface area contributed by atoms with Gasteiger partial charge < -0.3 is 0 Å². The highest BCUT2D eigenvalue weighted by atomic mass is 35.5. The third-order valence-corrected chi connectivity index (χ3v) is 2.69. The van der Waals surface area contributed by atoms with Crippen LogP contribution >= 0.6 is 23.2 Å². The van der Waals surface area contributed by atoms with Crippen LogP contribution in [0.5, 0.6) is 0 Å². The lowest BCUT2D eigenvalue weighted by molar-refractivity contribution is -0.385. The van der Waals surface area contributed by atoms with Gasteiger partial charge in [0.25, 0.3) is 0 Å². The van der Waals surface area contributed by atoms with Gasteiger partial charge in [0.2, 0.25) is 10.4 Å². The van der Waals surface area contributed by atoms with Crippen molar-refractivity contribution in [2.75, 3.05) is 0 Å². The summed E-state index contributed by atoms with van der Waals surface area (Å²) in [7, 11) is 0. The first-order valence-electron chi connectivity index (χ1n) is 5.18. The lowest BCUT2D eigenvalue weighted by Gasteiger charge is -1.99. The molecule has 19 heavy (non-hydrogen) atoms. The first-order chi connectivity index (χ1) is 9.08. The van der Waals surface area contributed by atoms with E-state index >= 15 is 0 Å². The van der Waals surface area contributed by atoms with Gasteiger partial charge in [-0.2, -0.15) is 4.98 Å². The number of aromatic nitrogens is 2. The van der Waals surface area contributed by atoms with Gasteiger partial charge in [0.1, 0.15) is 5.69 Å². The Morgan fingerprint density at radius 3 is 2.42 bits per heavy atom. The van der Waals surface area contributed by atoms with Crippen molar-refractivity contribution in [3.63, 3.8) is 0 Å². The van der Waals surface area contributed by atoms with Gasteiger partial charge in [0.15, 0.2) is 0 Å². The van der Waals surface area contributed by atoms with Crippen molar-refractivity contribution in [3.8, 4) is 0 Å². The number of hydrogen-bond donors (Lipinski definition) is 0. The molecule has 0 N–H and O–H groups in total. The second-order valence-corrected chi connectivity index (χ2v) is 4.21. The predicted molar refractivity (Wildman–Crippen MR) is 74.1 cm³/mol. The number of benzene rings is 1. The average Bonchev–Trinajstić information content (AvgIpc) is 2.36. The minimum Gasteiger partial charge on any atom is -0.258 e. The van der Waals surface area contributed by atoms with Crippen molar-refractivity contribution in [2.45, 2.75) is 0 Å². The summed E-state index contributed by atoms with van der Waals surface area (Å²) >= 11 is 11.3. The average molecular weight is 296 g/mol. The molecule has 1 aromatic carbocycles. The first kappa shape index (κ1) is 13.5. The summed E-state index contributed by atoms with van der Waals surface area (Å²) in [5, 5.41) is 10.5. The van der Waals surface area contributed by atoms with Gasteiger partial charge in [-0.15, -0.1) is 0 Å². The third-order valence-electron chi connectivity index (χ3n) is 2.26. The maximum absolute atomic E-state index is 10.9. The molecule has 96 valence electrons. The highest BCUT2D eigenvalue weighted by molar-refractivity contribution is 6.33. The predicted octanol–water partition coefficient (Wildman–Crippen LogP) is 3.86. The van der Waals surface area contributed by atoms with Gasteiger partial charge in [-0.05, 0) is 23.2 Å². The van der Waals surface area contributed by atoms with Gasteiger partial charge in [-0.1, -0.05) is 48.0 Å². The SMILES string of the molecule is O=[N+]([O-])c1c(Cl)nc(Cl)nc1/C=C/c1ccccc1. The number of halogens is 2. The topological polar surface area (TPSA) is 68.9 Å². The van der Waals surface area contributed by atoms with E-state index in [1.165, 1.54) is 6.08 Å². The van der Waals surface area contributed by atoms with Gasteiger partial charge in [-0.25, -0.2) is 4.98 Å². The lowest BCUT2D eigenvalue weighted by atomic mass is 10.2. The van der Waals surface area contributed by atoms with Crippen LogP contribution in [-0.4, -0.2) is 14.9 Å². The molecule has 0 bridgehead atoms. The van der Waals surface area contributed by atoms with Gasteiger partial charge in [0, 0.05) is 0 Å². The second-order valence-electron chi connectivity index (χ2n) is 3.52. The zero-order valence-electron chi connectivity index (χ0n) is 9.46. The Balaban J connectivity index is 2.45. The molecule has 1 heterocycles. The fourth-order valence-electron chi connectivity index (χ4n) is 1.44. The molecule has 0 aliphatic heterocycles. The summed E-state index contributed by atoms with van der Waals surface area (Å²) in [5.74, 6) is 0. The van der Waals surface area contributed by atoms with E-state index < -0.39 is 4.92 Å². The molecule has 0 unspecified atom stereocenters. The van der Waals surface area contributed by atoms with E-state index in [-0.39, 0.29) is 21.8 Å². The molecule has 0 radical (unpaired) electrons. The van der Waals surface area contributed by atoms with Crippen molar-refractivity contribution in [1.82, 2.24) is 9.97 Å². The molecule has 0 spiro atoms. The fourth-order valence-corrected chi connectivity index (χ4v) is 1.91. The van der Waals surface area contributed by atoms with E-state index in [9.17, 15) is 10.1 Å². The summed E-state index contributed by atoms with van der Waals surface area (Å²) in [4.78, 5) is 17.7. The first-order valence-corrected chi connectivity index (χ1v) is 5.94. The highest BCUT2D eigenvalue weighted by Crippen LogP contribution is 2.28. The molecular formula is C12H7Cl2N3O2. The number of nitrogens with zero attached hydrogens (tertiary/aromatic N) is 3. The Morgan fingerprint density at radius 2 is 1.79 bits per heavy atom. The monoisotopic (exact) mass is 295 g/mol. The van der Waals surface area contributed by atoms with Crippen molar-refractivity contribution in [2.24, 2.45) is 0 Å². The van der Waals surface area contributed by atoms with Crippen molar-refractivity contribution in [3.05, 3.63) is 62.1 Å². The smallest absolute Gasteiger partial charge is 0.258 e. The zero-order valence-corrected chi connectivity index (χ0v) is 11.0. The standard InChI is InChI=1S/C12H7Cl2N3O2/c13-11-10(17(18)19)9(15-12(14)16-11)7-6-8-4-2-1-3-5-8/h1-7H/b7-6+. The quantitative estimate of drug-likeness (QED) is 0.373. The normalized spacial score (nSPS) is 10.8. The van der Waals surface area contributed by atoms with Crippen LogP contribution in [0.15, 0.2) is 30.3 Å². The Hall–Kier alpha value is -1.98. The van der Waals surface area contributed by atoms with Gasteiger partial charge in [0.05, 0.1) is 4.92 Å². The molecule has 0 fully saturated rings. The van der Waals surface area contributed by atoms with Crippen LogP contribution in [-0.2, 0) is 0 Å². The van der Waals surface area contributed by atoms with Gasteiger partial charge in [-0.3, -0.25) is 10.1 Å². The van der Waals surface area contributed by atoms with E-state index in [1.807, 2.05) is 30.3 Å². The Morgan fingerprint density at radius 1 is 1.11 bits per heavy atom. The van der Waals surface area contributed by atoms with Crippen LogP contribution in [0.2, 0.25) is 10.4 Å². The summed E-state index contributed by atoms with van der Waals surface area (Å²) in [5.41, 5.74) is 0.583. The summed E-state index contributed by atoms with van der Waals surface area (Å²) in [6.07, 6.45) is 3.16. The Labute approximate surface area is 118 Å². The minimum absolute atomic E-state index is 0.0684. The Kier molecular flexibility index (Phi) is 4.09. The largest absolute Gasteiger partial charge is 0.331 e. The van der Waals surface area contributed by atoms with E-state index in [0.29, 0.717) is 0 Å². The van der Waals surface area contributed by atoms with Crippen LogP contribution < -0.4 is 0 Å². The third kappa shape index (κ3) is 3.27. The van der Waals surface area contributed by atoms with E-state index in [4.69, 9.17) is 23.2 Å². The highest BCUT2D eigenvalue weighted by Gasteiger charge is 2.21. The molecule has 0 amide bonds. The van der Waals surface area contributed by atoms with E-state index in [0.717, 1.165) is 5.56 Å². The molecule has 7 heteroatoms. The minimum atomic E-state index is -0.636. The molecule has 0 aliphatic rings. The van der Waals surface area contributed by atoms with Crippen LogP contribution in [0.4, 0.5) is 5.69 Å². The maximum Gasteiger partial charge on any atom is 0.331 e. The number of nitro groups is 1. The lowest BCUT2D eigenvalue weighted by Crippen LogP contribution is -1.98.